The van der Waals surface area contributed by atoms with E-state index in [9.17, 15) is 9.59 Å². The van der Waals surface area contributed by atoms with Gasteiger partial charge in [-0.2, -0.15) is 0 Å². The number of carbonyl (C=O) groups is 2. The Balaban J connectivity index is 4.03. The molecule has 4 heteroatoms. The maximum atomic E-state index is 11.0. The van der Waals surface area contributed by atoms with Gasteiger partial charge >= 0.3 is 6.03 Å². The summed E-state index contributed by atoms with van der Waals surface area (Å²) >= 11 is 0. The van der Waals surface area contributed by atoms with Crippen LogP contribution in [0, 0.1) is 0 Å². The van der Waals surface area contributed by atoms with E-state index in [2.05, 4.69) is 11.9 Å². The van der Waals surface area contributed by atoms with E-state index in [1.165, 1.54) is 0 Å². The predicted molar refractivity (Wildman–Crippen MR) is 42.0 cm³/mol. The Morgan fingerprint density at radius 3 is 2.27 bits per heavy atom. The summed E-state index contributed by atoms with van der Waals surface area (Å²) in [5.74, 6) is -0.205. The summed E-state index contributed by atoms with van der Waals surface area (Å²) in [4.78, 5) is 21.3. The van der Waals surface area contributed by atoms with Gasteiger partial charge in [0.15, 0.2) is 5.78 Å². The van der Waals surface area contributed by atoms with Gasteiger partial charge in [-0.3, -0.25) is 4.79 Å². The van der Waals surface area contributed by atoms with Crippen molar-refractivity contribution in [3.63, 3.8) is 0 Å². The highest BCUT2D eigenvalue weighted by Crippen LogP contribution is 1.94. The fraction of sp³-hybridized carbons (Fsp3) is 0.429. The van der Waals surface area contributed by atoms with Crippen LogP contribution in [0.3, 0.4) is 0 Å². The highest BCUT2D eigenvalue weighted by molar-refractivity contribution is 5.99. The zero-order valence-electron chi connectivity index (χ0n) is 6.68. The van der Waals surface area contributed by atoms with Crippen molar-refractivity contribution in [2.75, 3.05) is 0 Å². The molecule has 1 unspecified atom stereocenters. The summed E-state index contributed by atoms with van der Waals surface area (Å²) in [5.41, 5.74) is 5.21. The van der Waals surface area contributed by atoms with Crippen LogP contribution in [-0.2, 0) is 4.79 Å². The van der Waals surface area contributed by atoms with Crippen LogP contribution in [0.4, 0.5) is 4.79 Å². The largest absolute Gasteiger partial charge is 0.352 e. The molecule has 2 amide bonds. The zero-order valence-corrected chi connectivity index (χ0v) is 6.68. The Hall–Kier alpha value is -1.32. The lowest BCUT2D eigenvalue weighted by atomic mass is 10.1. The van der Waals surface area contributed by atoms with Crippen molar-refractivity contribution < 1.29 is 9.59 Å². The summed E-state index contributed by atoms with van der Waals surface area (Å²) in [7, 11) is 0. The number of primary amides is 1. The Labute approximate surface area is 65.5 Å². The predicted octanol–water partition coefficient (Wildman–Crippen LogP) is 0.188. The molecule has 0 aromatic heterocycles. The van der Waals surface area contributed by atoms with Crippen LogP contribution >= 0.6 is 0 Å². The third-order valence-corrected chi connectivity index (χ3v) is 1.17. The van der Waals surface area contributed by atoms with Crippen molar-refractivity contribution in [1.29, 1.82) is 0 Å². The molecule has 0 aliphatic heterocycles. The summed E-state index contributed by atoms with van der Waals surface area (Å²) in [6, 6.07) is -1.28. The molecule has 0 aliphatic rings. The third kappa shape index (κ3) is 3.40. The van der Waals surface area contributed by atoms with Crippen LogP contribution in [0.5, 0.6) is 0 Å². The Kier molecular flexibility index (Phi) is 3.30. The Morgan fingerprint density at radius 2 is 2.00 bits per heavy atom. The van der Waals surface area contributed by atoms with Gasteiger partial charge in [-0.25, -0.2) is 4.79 Å². The van der Waals surface area contributed by atoms with E-state index < -0.39 is 12.1 Å². The highest BCUT2D eigenvalue weighted by atomic mass is 16.2. The normalized spacial score (nSPS) is 11.8. The molecule has 0 radical (unpaired) electrons. The van der Waals surface area contributed by atoms with Crippen LogP contribution in [0.15, 0.2) is 12.2 Å². The number of hydrogen-bond donors (Lipinski definition) is 2. The van der Waals surface area contributed by atoms with Gasteiger partial charge in [-0.1, -0.05) is 6.58 Å². The maximum Gasteiger partial charge on any atom is 0.312 e. The first-order chi connectivity index (χ1) is 4.95. The molecule has 0 rings (SSSR count). The molecule has 0 aromatic rings. The summed E-state index contributed by atoms with van der Waals surface area (Å²) < 4.78 is 0. The molecule has 0 fully saturated rings. The van der Waals surface area contributed by atoms with Crippen molar-refractivity contribution in [2.24, 2.45) is 5.73 Å². The SMILES string of the molecule is C=C(C)C(=O)C(C)NC(N)=O. The Morgan fingerprint density at radius 1 is 1.55 bits per heavy atom. The lowest BCUT2D eigenvalue weighted by molar-refractivity contribution is -0.116. The number of amides is 2. The van der Waals surface area contributed by atoms with Gasteiger partial charge in [-0.05, 0) is 19.4 Å². The lowest BCUT2D eigenvalue weighted by Crippen LogP contribution is -2.41. The number of nitrogens with two attached hydrogens (primary N) is 1. The third-order valence-electron chi connectivity index (χ3n) is 1.17. The lowest BCUT2D eigenvalue weighted by Gasteiger charge is -2.09. The van der Waals surface area contributed by atoms with Gasteiger partial charge in [0.2, 0.25) is 0 Å². The maximum absolute atomic E-state index is 11.0. The van der Waals surface area contributed by atoms with Crippen LogP contribution in [0.1, 0.15) is 13.8 Å². The van der Waals surface area contributed by atoms with E-state index in [1.807, 2.05) is 0 Å². The van der Waals surface area contributed by atoms with Gasteiger partial charge in [0, 0.05) is 0 Å². The topological polar surface area (TPSA) is 72.2 Å². The molecule has 0 saturated heterocycles. The molecular formula is C7H12N2O2. The fourth-order valence-corrected chi connectivity index (χ4v) is 0.649. The van der Waals surface area contributed by atoms with Crippen LogP contribution in [0.25, 0.3) is 0 Å². The van der Waals surface area contributed by atoms with E-state index in [4.69, 9.17) is 5.73 Å². The molecule has 0 bridgehead atoms. The van der Waals surface area contributed by atoms with E-state index in [1.54, 1.807) is 13.8 Å². The first-order valence-electron chi connectivity index (χ1n) is 3.21. The van der Waals surface area contributed by atoms with Crippen molar-refractivity contribution in [2.45, 2.75) is 19.9 Å². The smallest absolute Gasteiger partial charge is 0.312 e. The number of nitrogens with one attached hydrogen (secondary N) is 1. The van der Waals surface area contributed by atoms with Crippen LogP contribution in [0.2, 0.25) is 0 Å². The number of carbonyl (C=O) groups excluding carboxylic acids is 2. The van der Waals surface area contributed by atoms with Crippen molar-refractivity contribution in [1.82, 2.24) is 5.32 Å². The first-order valence-corrected chi connectivity index (χ1v) is 3.21. The minimum absolute atomic E-state index is 0.205. The Bertz CT molecular complexity index is 199. The van der Waals surface area contributed by atoms with Crippen molar-refractivity contribution >= 4 is 11.8 Å². The molecule has 0 aromatic carbocycles. The molecule has 3 N–H and O–H groups in total. The van der Waals surface area contributed by atoms with Gasteiger partial charge < -0.3 is 11.1 Å². The second-order valence-electron chi connectivity index (χ2n) is 2.37. The van der Waals surface area contributed by atoms with E-state index in [0.717, 1.165) is 0 Å². The molecule has 1 atom stereocenters. The van der Waals surface area contributed by atoms with Gasteiger partial charge in [-0.15, -0.1) is 0 Å². The average molecular weight is 156 g/mol. The van der Waals surface area contributed by atoms with Gasteiger partial charge in [0.1, 0.15) is 0 Å². The zero-order chi connectivity index (χ0) is 9.02. The quantitative estimate of drug-likeness (QED) is 0.572. The molecule has 0 saturated carbocycles. The molecule has 4 nitrogen and oxygen atoms in total. The summed E-state index contributed by atoms with van der Waals surface area (Å²) in [5, 5.41) is 2.25. The minimum Gasteiger partial charge on any atom is -0.352 e. The average Bonchev–Trinajstić information content (AvgIpc) is 1.84. The summed E-state index contributed by atoms with van der Waals surface area (Å²) in [6.45, 7) is 6.58. The van der Waals surface area contributed by atoms with Crippen molar-refractivity contribution in [3.05, 3.63) is 12.2 Å². The standard InChI is InChI=1S/C7H12N2O2/c1-4(2)6(10)5(3)9-7(8)11/h5H,1H2,2-3H3,(H3,8,9,11). The highest BCUT2D eigenvalue weighted by Gasteiger charge is 2.13. The molecule has 0 spiro atoms. The molecule has 0 heterocycles. The number of hydrogen-bond acceptors (Lipinski definition) is 2. The minimum atomic E-state index is -0.702. The van der Waals surface area contributed by atoms with E-state index in [0.29, 0.717) is 5.57 Å². The van der Waals surface area contributed by atoms with E-state index in [-0.39, 0.29) is 5.78 Å². The monoisotopic (exact) mass is 156 g/mol. The number of urea groups is 1. The molecule has 62 valence electrons. The second-order valence-corrected chi connectivity index (χ2v) is 2.37. The fourth-order valence-electron chi connectivity index (χ4n) is 0.649. The second kappa shape index (κ2) is 3.75. The molecule has 11 heavy (non-hydrogen) atoms. The van der Waals surface area contributed by atoms with Crippen LogP contribution in [-0.4, -0.2) is 17.9 Å². The van der Waals surface area contributed by atoms with E-state index >= 15 is 0 Å². The van der Waals surface area contributed by atoms with Gasteiger partial charge in [0.25, 0.3) is 0 Å². The number of rotatable bonds is 3. The molecular weight excluding hydrogens is 144 g/mol. The summed E-state index contributed by atoms with van der Waals surface area (Å²) in [6.07, 6.45) is 0. The number of Topliss-reactive ketones (excluding diaryl/α,β-unsaturated/α-hetero) is 1. The molecule has 0 aliphatic carbocycles. The number of ketones is 1. The van der Waals surface area contributed by atoms with Crippen molar-refractivity contribution in [3.8, 4) is 0 Å². The first kappa shape index (κ1) is 9.68. The van der Waals surface area contributed by atoms with Gasteiger partial charge in [0.05, 0.1) is 6.04 Å². The van der Waals surface area contributed by atoms with Crippen LogP contribution < -0.4 is 11.1 Å².